The van der Waals surface area contributed by atoms with Crippen LogP contribution < -0.4 is 10.2 Å². The Hall–Kier alpha value is -3.81. The van der Waals surface area contributed by atoms with Gasteiger partial charge in [0.1, 0.15) is 11.6 Å². The molecule has 3 amide bonds. The molecule has 7 nitrogen and oxygen atoms in total. The minimum atomic E-state index is -0.283. The van der Waals surface area contributed by atoms with Crippen LogP contribution in [0.15, 0.2) is 54.7 Å². The van der Waals surface area contributed by atoms with Crippen molar-refractivity contribution in [2.75, 3.05) is 31.1 Å². The van der Waals surface area contributed by atoms with Crippen LogP contribution in [0.25, 0.3) is 11.1 Å². The minimum absolute atomic E-state index is 0.0791. The number of hydrogen-bond donors (Lipinski definition) is 1. The number of nitrogens with zero attached hydrogens (tertiary/aromatic N) is 4. The number of carbonyl (C=O) groups excluding carboxylic acids is 2. The normalized spacial score (nSPS) is 18.0. The van der Waals surface area contributed by atoms with E-state index in [1.54, 1.807) is 23.2 Å². The molecule has 2 aliphatic heterocycles. The van der Waals surface area contributed by atoms with Crippen LogP contribution in [0.3, 0.4) is 0 Å². The standard InChI is InChI=1S/C27H28FN5O2/c1-18-30-16-24(20-6-8-22(28)9-7-20)26(31-18)21-3-2-13-32(17-21)25(34)15-19-4-10-23(11-5-19)33-14-12-29-27(33)35/h4-11,16,21H,2-3,12-15,17H2,1H3,(H,29,35). The smallest absolute Gasteiger partial charge is 0.321 e. The van der Waals surface area contributed by atoms with Crippen LogP contribution in [0.1, 0.15) is 35.8 Å². The van der Waals surface area contributed by atoms with Crippen molar-refractivity contribution < 1.29 is 14.0 Å². The van der Waals surface area contributed by atoms with Gasteiger partial charge in [0.05, 0.1) is 12.1 Å². The second-order valence-electron chi connectivity index (χ2n) is 9.13. The minimum Gasteiger partial charge on any atom is -0.342 e. The number of likely N-dealkylation sites (tertiary alicyclic amines) is 1. The van der Waals surface area contributed by atoms with Gasteiger partial charge in [-0.1, -0.05) is 24.3 Å². The third kappa shape index (κ3) is 5.01. The molecule has 2 saturated heterocycles. The lowest BCUT2D eigenvalue weighted by Gasteiger charge is -2.33. The van der Waals surface area contributed by atoms with E-state index in [1.165, 1.54) is 12.1 Å². The predicted molar refractivity (Wildman–Crippen MR) is 132 cm³/mol. The van der Waals surface area contributed by atoms with Gasteiger partial charge in [0.2, 0.25) is 5.91 Å². The Morgan fingerprint density at radius 3 is 2.60 bits per heavy atom. The third-order valence-corrected chi connectivity index (χ3v) is 6.71. The van der Waals surface area contributed by atoms with E-state index in [2.05, 4.69) is 10.3 Å². The average molecular weight is 474 g/mol. The number of piperidine rings is 1. The molecular formula is C27H28FN5O2. The molecule has 1 aromatic heterocycles. The number of aryl methyl sites for hydroxylation is 1. The largest absolute Gasteiger partial charge is 0.342 e. The molecule has 2 aromatic carbocycles. The quantitative estimate of drug-likeness (QED) is 0.606. The summed E-state index contributed by atoms with van der Waals surface area (Å²) in [6.07, 6.45) is 3.94. The number of benzene rings is 2. The maximum absolute atomic E-state index is 13.5. The highest BCUT2D eigenvalue weighted by Gasteiger charge is 2.28. The number of aromatic nitrogens is 2. The Morgan fingerprint density at radius 2 is 1.89 bits per heavy atom. The molecule has 1 atom stereocenters. The maximum Gasteiger partial charge on any atom is 0.321 e. The Balaban J connectivity index is 1.30. The van der Waals surface area contributed by atoms with Gasteiger partial charge < -0.3 is 10.2 Å². The van der Waals surface area contributed by atoms with Crippen LogP contribution >= 0.6 is 0 Å². The van der Waals surface area contributed by atoms with E-state index in [-0.39, 0.29) is 23.7 Å². The van der Waals surface area contributed by atoms with Crippen LogP contribution in [-0.4, -0.2) is 53.0 Å². The number of carbonyl (C=O) groups is 2. The zero-order valence-electron chi connectivity index (χ0n) is 19.7. The van der Waals surface area contributed by atoms with Crippen molar-refractivity contribution in [2.24, 2.45) is 0 Å². The van der Waals surface area contributed by atoms with E-state index in [0.29, 0.717) is 31.9 Å². The van der Waals surface area contributed by atoms with Crippen LogP contribution in [-0.2, 0) is 11.2 Å². The molecule has 0 spiro atoms. The molecule has 3 heterocycles. The molecule has 0 aliphatic carbocycles. The van der Waals surface area contributed by atoms with Gasteiger partial charge >= 0.3 is 6.03 Å². The van der Waals surface area contributed by atoms with E-state index < -0.39 is 0 Å². The number of nitrogens with one attached hydrogen (secondary N) is 1. The first-order valence-electron chi connectivity index (χ1n) is 12.0. The van der Waals surface area contributed by atoms with Crippen LogP contribution in [0, 0.1) is 12.7 Å². The fourth-order valence-electron chi connectivity index (χ4n) is 4.88. The summed E-state index contributed by atoms with van der Waals surface area (Å²) in [5.74, 6) is 0.566. The van der Waals surface area contributed by atoms with Gasteiger partial charge in [0, 0.05) is 49.5 Å². The molecule has 1 N–H and O–H groups in total. The summed E-state index contributed by atoms with van der Waals surface area (Å²) in [7, 11) is 0. The molecule has 1 unspecified atom stereocenters. The number of anilines is 1. The SMILES string of the molecule is Cc1ncc(-c2ccc(F)cc2)c(C2CCCN(C(=O)Cc3ccc(N4CCNC4=O)cc3)C2)n1. The number of urea groups is 1. The molecule has 2 aliphatic rings. The van der Waals surface area contributed by atoms with Crippen molar-refractivity contribution in [3.05, 3.63) is 77.6 Å². The lowest BCUT2D eigenvalue weighted by Crippen LogP contribution is -2.40. The van der Waals surface area contributed by atoms with Gasteiger partial charge in [-0.2, -0.15) is 0 Å². The molecule has 0 bridgehead atoms. The molecule has 8 heteroatoms. The molecule has 35 heavy (non-hydrogen) atoms. The maximum atomic E-state index is 13.5. The molecule has 0 radical (unpaired) electrons. The fourth-order valence-corrected chi connectivity index (χ4v) is 4.88. The van der Waals surface area contributed by atoms with Crippen molar-refractivity contribution in [1.82, 2.24) is 20.2 Å². The second-order valence-corrected chi connectivity index (χ2v) is 9.13. The van der Waals surface area contributed by atoms with Crippen molar-refractivity contribution in [2.45, 2.75) is 32.1 Å². The van der Waals surface area contributed by atoms with E-state index >= 15 is 0 Å². The monoisotopic (exact) mass is 473 g/mol. The van der Waals surface area contributed by atoms with E-state index in [4.69, 9.17) is 4.98 Å². The second kappa shape index (κ2) is 9.82. The Labute approximate surface area is 204 Å². The lowest BCUT2D eigenvalue weighted by atomic mass is 9.89. The van der Waals surface area contributed by atoms with Gasteiger partial charge in [-0.05, 0) is 55.2 Å². The van der Waals surface area contributed by atoms with Crippen molar-refractivity contribution in [1.29, 1.82) is 0 Å². The average Bonchev–Trinajstić information content (AvgIpc) is 3.31. The topological polar surface area (TPSA) is 78.4 Å². The van der Waals surface area contributed by atoms with E-state index in [9.17, 15) is 14.0 Å². The third-order valence-electron chi connectivity index (χ3n) is 6.71. The summed E-state index contributed by atoms with van der Waals surface area (Å²) in [6.45, 7) is 4.46. The molecule has 2 fully saturated rings. The number of hydrogen-bond acceptors (Lipinski definition) is 4. The number of halogens is 1. The summed E-state index contributed by atoms with van der Waals surface area (Å²) in [5, 5.41) is 2.80. The van der Waals surface area contributed by atoms with Gasteiger partial charge in [-0.25, -0.2) is 19.2 Å². The van der Waals surface area contributed by atoms with Crippen molar-refractivity contribution in [3.8, 4) is 11.1 Å². The Morgan fingerprint density at radius 1 is 1.11 bits per heavy atom. The highest BCUT2D eigenvalue weighted by molar-refractivity contribution is 5.94. The Kier molecular flexibility index (Phi) is 6.44. The fraction of sp³-hybridized carbons (Fsp3) is 0.333. The molecular weight excluding hydrogens is 445 g/mol. The predicted octanol–water partition coefficient (Wildman–Crippen LogP) is 4.07. The highest BCUT2D eigenvalue weighted by atomic mass is 19.1. The first-order valence-corrected chi connectivity index (χ1v) is 12.0. The Bertz CT molecular complexity index is 1230. The van der Waals surface area contributed by atoms with Crippen molar-refractivity contribution in [3.63, 3.8) is 0 Å². The summed E-state index contributed by atoms with van der Waals surface area (Å²) < 4.78 is 13.5. The first-order chi connectivity index (χ1) is 17.0. The highest BCUT2D eigenvalue weighted by Crippen LogP contribution is 2.33. The van der Waals surface area contributed by atoms with Crippen molar-refractivity contribution >= 4 is 17.6 Å². The zero-order chi connectivity index (χ0) is 24.4. The molecule has 3 aromatic rings. The molecule has 0 saturated carbocycles. The number of amides is 3. The first kappa shape index (κ1) is 23.0. The van der Waals surface area contributed by atoms with Crippen LogP contribution in [0.4, 0.5) is 14.9 Å². The summed E-state index contributed by atoms with van der Waals surface area (Å²) in [6, 6.07) is 13.9. The molecule has 5 rings (SSSR count). The molecule has 180 valence electrons. The van der Waals surface area contributed by atoms with Gasteiger partial charge in [-0.3, -0.25) is 9.69 Å². The van der Waals surface area contributed by atoms with Gasteiger partial charge in [0.25, 0.3) is 0 Å². The van der Waals surface area contributed by atoms with Crippen LogP contribution in [0.5, 0.6) is 0 Å². The van der Waals surface area contributed by atoms with Crippen LogP contribution in [0.2, 0.25) is 0 Å². The summed E-state index contributed by atoms with van der Waals surface area (Å²) in [5.41, 5.74) is 4.43. The lowest BCUT2D eigenvalue weighted by molar-refractivity contribution is -0.131. The number of rotatable bonds is 5. The summed E-state index contributed by atoms with van der Waals surface area (Å²) in [4.78, 5) is 37.8. The summed E-state index contributed by atoms with van der Waals surface area (Å²) >= 11 is 0. The van der Waals surface area contributed by atoms with Gasteiger partial charge in [-0.15, -0.1) is 0 Å². The van der Waals surface area contributed by atoms with E-state index in [0.717, 1.165) is 47.5 Å². The zero-order valence-corrected chi connectivity index (χ0v) is 19.7. The van der Waals surface area contributed by atoms with Gasteiger partial charge in [0.15, 0.2) is 0 Å². The van der Waals surface area contributed by atoms with E-state index in [1.807, 2.05) is 36.1 Å².